The van der Waals surface area contributed by atoms with Crippen LogP contribution in [0.1, 0.15) is 18.3 Å². The van der Waals surface area contributed by atoms with Crippen molar-refractivity contribution in [3.63, 3.8) is 0 Å². The first-order valence-electron chi connectivity index (χ1n) is 5.35. The quantitative estimate of drug-likeness (QED) is 0.819. The zero-order valence-corrected chi connectivity index (χ0v) is 10.8. The van der Waals surface area contributed by atoms with E-state index in [-0.39, 0.29) is 12.3 Å². The molecule has 1 amide bonds. The van der Waals surface area contributed by atoms with Crippen LogP contribution in [0.15, 0.2) is 11.6 Å². The molecule has 0 saturated heterocycles. The highest BCUT2D eigenvalue weighted by Crippen LogP contribution is 2.15. The van der Waals surface area contributed by atoms with Crippen LogP contribution in [-0.4, -0.2) is 37.0 Å². The lowest BCUT2D eigenvalue weighted by Gasteiger charge is -1.96. The first kappa shape index (κ1) is 13.1. The second-order valence-corrected chi connectivity index (χ2v) is 4.66. The van der Waals surface area contributed by atoms with E-state index < -0.39 is 5.97 Å². The van der Waals surface area contributed by atoms with Gasteiger partial charge in [-0.3, -0.25) is 9.59 Å². The summed E-state index contributed by atoms with van der Waals surface area (Å²) in [6, 6.07) is 0. The number of aliphatic carboxylic acids is 1. The van der Waals surface area contributed by atoms with E-state index in [1.807, 2.05) is 0 Å². The van der Waals surface area contributed by atoms with Gasteiger partial charge in [0, 0.05) is 18.5 Å². The molecule has 0 spiro atoms. The fourth-order valence-electron chi connectivity index (χ4n) is 1.41. The Labute approximate surface area is 112 Å². The average Bonchev–Trinajstić information content (AvgIpc) is 2.88. The van der Waals surface area contributed by atoms with Gasteiger partial charge < -0.3 is 10.4 Å². The van der Waals surface area contributed by atoms with Gasteiger partial charge in [0.15, 0.2) is 5.13 Å². The van der Waals surface area contributed by atoms with Gasteiger partial charge in [0.05, 0.1) is 24.4 Å². The largest absolute Gasteiger partial charge is 0.481 e. The summed E-state index contributed by atoms with van der Waals surface area (Å²) in [5.74, 6) is -1.13. The summed E-state index contributed by atoms with van der Waals surface area (Å²) < 4.78 is 1.50. The van der Waals surface area contributed by atoms with Crippen LogP contribution in [0.25, 0.3) is 0 Å². The number of carbonyl (C=O) groups excluding carboxylic acids is 1. The molecule has 0 aliphatic heterocycles. The van der Waals surface area contributed by atoms with Crippen molar-refractivity contribution in [2.75, 3.05) is 5.32 Å². The minimum Gasteiger partial charge on any atom is -0.481 e. The first-order valence-corrected chi connectivity index (χ1v) is 6.23. The molecule has 8 nitrogen and oxygen atoms in total. The lowest BCUT2D eigenvalue weighted by molar-refractivity contribution is -0.136. The topological polar surface area (TPSA) is 110 Å². The summed E-state index contributed by atoms with van der Waals surface area (Å²) in [6.45, 7) is 1.79. The molecule has 0 fully saturated rings. The van der Waals surface area contributed by atoms with E-state index >= 15 is 0 Å². The number of aromatic nitrogens is 4. The minimum atomic E-state index is -0.950. The Hall–Kier alpha value is -2.29. The van der Waals surface area contributed by atoms with Crippen molar-refractivity contribution >= 4 is 28.3 Å². The Kier molecular flexibility index (Phi) is 3.85. The maximum absolute atomic E-state index is 10.9. The first-order chi connectivity index (χ1) is 9.02. The van der Waals surface area contributed by atoms with Gasteiger partial charge in [0.1, 0.15) is 0 Å². The predicted octanol–water partition coefficient (Wildman–Crippen LogP) is 0.368. The summed E-state index contributed by atoms with van der Waals surface area (Å²) in [5, 5.41) is 21.1. The van der Waals surface area contributed by atoms with Crippen LogP contribution in [0, 0.1) is 0 Å². The molecule has 0 unspecified atom stereocenters. The number of amides is 1. The second kappa shape index (κ2) is 5.57. The predicted molar refractivity (Wildman–Crippen MR) is 66.9 cm³/mol. The van der Waals surface area contributed by atoms with E-state index in [4.69, 9.17) is 5.11 Å². The highest BCUT2D eigenvalue weighted by atomic mass is 32.1. The Bertz CT molecular complexity index is 554. The third-order valence-electron chi connectivity index (χ3n) is 2.08. The monoisotopic (exact) mass is 281 g/mol. The molecule has 0 bridgehead atoms. The molecule has 0 aliphatic rings. The van der Waals surface area contributed by atoms with Gasteiger partial charge in [-0.1, -0.05) is 5.21 Å². The molecule has 2 aromatic rings. The molecule has 0 radical (unpaired) electrons. The molecule has 2 aromatic heterocycles. The SMILES string of the molecule is CC(=O)Nc1nc(Cn2cc(CC(=O)O)nn2)cs1. The summed E-state index contributed by atoms with van der Waals surface area (Å²) in [7, 11) is 0. The van der Waals surface area contributed by atoms with Crippen LogP contribution in [0.4, 0.5) is 5.13 Å². The van der Waals surface area contributed by atoms with Crippen molar-refractivity contribution in [1.82, 2.24) is 20.0 Å². The van der Waals surface area contributed by atoms with Crippen molar-refractivity contribution in [1.29, 1.82) is 0 Å². The highest BCUT2D eigenvalue weighted by Gasteiger charge is 2.08. The molecule has 0 aliphatic carbocycles. The lowest BCUT2D eigenvalue weighted by Crippen LogP contribution is -2.06. The van der Waals surface area contributed by atoms with Crippen LogP contribution in [0.5, 0.6) is 0 Å². The molecule has 9 heteroatoms. The fraction of sp³-hybridized carbons (Fsp3) is 0.300. The number of carboxylic acid groups (broad SMARTS) is 1. The van der Waals surface area contributed by atoms with Gasteiger partial charge >= 0.3 is 5.97 Å². The number of carboxylic acids is 1. The van der Waals surface area contributed by atoms with Crippen molar-refractivity contribution < 1.29 is 14.7 Å². The molecule has 2 N–H and O–H groups in total. The van der Waals surface area contributed by atoms with Gasteiger partial charge in [-0.05, 0) is 0 Å². The normalized spacial score (nSPS) is 10.4. The third-order valence-corrected chi connectivity index (χ3v) is 2.88. The Morgan fingerprint density at radius 1 is 1.47 bits per heavy atom. The molecule has 19 heavy (non-hydrogen) atoms. The van der Waals surface area contributed by atoms with E-state index in [1.54, 1.807) is 11.6 Å². The van der Waals surface area contributed by atoms with E-state index in [1.165, 1.54) is 22.9 Å². The zero-order chi connectivity index (χ0) is 13.8. The van der Waals surface area contributed by atoms with E-state index in [0.717, 1.165) is 5.69 Å². The van der Waals surface area contributed by atoms with Gasteiger partial charge in [-0.25, -0.2) is 9.67 Å². The number of hydrogen-bond acceptors (Lipinski definition) is 6. The van der Waals surface area contributed by atoms with Gasteiger partial charge in [0.2, 0.25) is 5.91 Å². The highest BCUT2D eigenvalue weighted by molar-refractivity contribution is 7.13. The van der Waals surface area contributed by atoms with E-state index in [2.05, 4.69) is 20.6 Å². The summed E-state index contributed by atoms with van der Waals surface area (Å²) in [4.78, 5) is 25.6. The number of nitrogens with one attached hydrogen (secondary N) is 1. The standard InChI is InChI=1S/C10H11N5O3S/c1-6(16)11-10-12-8(5-19-10)4-15-3-7(13-14-15)2-9(17)18/h3,5H,2,4H2,1H3,(H,17,18)(H,11,12,16). The summed E-state index contributed by atoms with van der Waals surface area (Å²) >= 11 is 1.32. The Balaban J connectivity index is 2.00. The maximum atomic E-state index is 10.9. The van der Waals surface area contributed by atoms with Crippen LogP contribution >= 0.6 is 11.3 Å². The average molecular weight is 281 g/mol. The van der Waals surface area contributed by atoms with Crippen LogP contribution in [0.2, 0.25) is 0 Å². The third kappa shape index (κ3) is 3.85. The fourth-order valence-corrected chi connectivity index (χ4v) is 2.15. The molecular formula is C10H11N5O3S. The van der Waals surface area contributed by atoms with Gasteiger partial charge in [-0.15, -0.1) is 16.4 Å². The second-order valence-electron chi connectivity index (χ2n) is 3.80. The number of nitrogens with zero attached hydrogens (tertiary/aromatic N) is 4. The smallest absolute Gasteiger partial charge is 0.309 e. The Morgan fingerprint density at radius 2 is 2.26 bits per heavy atom. The number of rotatable bonds is 5. The minimum absolute atomic E-state index is 0.159. The van der Waals surface area contributed by atoms with Gasteiger partial charge in [-0.2, -0.15) is 0 Å². The van der Waals surface area contributed by atoms with E-state index in [0.29, 0.717) is 17.4 Å². The zero-order valence-electron chi connectivity index (χ0n) is 10.0. The van der Waals surface area contributed by atoms with Crippen LogP contribution in [0.3, 0.4) is 0 Å². The van der Waals surface area contributed by atoms with Gasteiger partial charge in [0.25, 0.3) is 0 Å². The lowest BCUT2D eigenvalue weighted by atomic mass is 10.3. The molecule has 2 heterocycles. The molecule has 100 valence electrons. The van der Waals surface area contributed by atoms with Crippen molar-refractivity contribution in [2.45, 2.75) is 19.9 Å². The van der Waals surface area contributed by atoms with Crippen molar-refractivity contribution in [3.8, 4) is 0 Å². The molecular weight excluding hydrogens is 270 g/mol. The molecule has 0 aromatic carbocycles. The van der Waals surface area contributed by atoms with Crippen LogP contribution in [-0.2, 0) is 22.6 Å². The molecule has 0 saturated carbocycles. The van der Waals surface area contributed by atoms with E-state index in [9.17, 15) is 9.59 Å². The number of anilines is 1. The summed E-state index contributed by atoms with van der Waals surface area (Å²) in [5.41, 5.74) is 1.12. The number of hydrogen-bond donors (Lipinski definition) is 2. The number of carbonyl (C=O) groups is 2. The summed E-state index contributed by atoms with van der Waals surface area (Å²) in [6.07, 6.45) is 1.40. The molecule has 0 atom stereocenters. The Morgan fingerprint density at radius 3 is 2.95 bits per heavy atom. The maximum Gasteiger partial charge on any atom is 0.309 e. The van der Waals surface area contributed by atoms with Crippen molar-refractivity contribution in [2.24, 2.45) is 0 Å². The van der Waals surface area contributed by atoms with Crippen molar-refractivity contribution in [3.05, 3.63) is 23.0 Å². The number of thiazole rings is 1. The molecule has 2 rings (SSSR count). The van der Waals surface area contributed by atoms with Crippen LogP contribution < -0.4 is 5.32 Å².